The first-order chi connectivity index (χ1) is 21.0. The molecular weight excluding hydrogens is 568 g/mol. The molecule has 0 bridgehead atoms. The summed E-state index contributed by atoms with van der Waals surface area (Å²) >= 11 is 0. The fraction of sp³-hybridized carbons (Fsp3) is 0.375. The summed E-state index contributed by atoms with van der Waals surface area (Å²) < 4.78 is 0. The molecule has 0 aromatic heterocycles. The van der Waals surface area contributed by atoms with Gasteiger partial charge in [-0.3, -0.25) is 29.0 Å². The highest BCUT2D eigenvalue weighted by atomic mass is 16.4. The number of hydrogen-bond acceptors (Lipinski definition) is 10. The lowest BCUT2D eigenvalue weighted by Gasteiger charge is -2.29. The normalized spacial score (nSPS) is 22.1. The van der Waals surface area contributed by atoms with Crippen molar-refractivity contribution in [2.24, 2.45) is 0 Å². The average Bonchev–Trinajstić information content (AvgIpc) is 3.46. The van der Waals surface area contributed by atoms with Crippen LogP contribution in [0.4, 0.5) is 0 Å². The van der Waals surface area contributed by atoms with Gasteiger partial charge in [-0.05, 0) is 63.0 Å². The summed E-state index contributed by atoms with van der Waals surface area (Å²) in [5, 5.41) is 40.9. The van der Waals surface area contributed by atoms with Crippen molar-refractivity contribution in [1.82, 2.24) is 20.4 Å². The van der Waals surface area contributed by atoms with Gasteiger partial charge in [0, 0.05) is 13.1 Å². The van der Waals surface area contributed by atoms with E-state index < -0.39 is 23.7 Å². The summed E-state index contributed by atoms with van der Waals surface area (Å²) in [5.74, 6) is -1.78. The van der Waals surface area contributed by atoms with Crippen molar-refractivity contribution in [3.8, 4) is 0 Å². The summed E-state index contributed by atoms with van der Waals surface area (Å²) in [5.41, 5.74) is 2.18. The smallest absolute Gasteiger partial charge is 0.261 e. The Labute approximate surface area is 255 Å². The van der Waals surface area contributed by atoms with Crippen LogP contribution < -0.4 is 10.6 Å². The molecule has 2 fully saturated rings. The van der Waals surface area contributed by atoms with Gasteiger partial charge in [0.1, 0.15) is 23.7 Å². The van der Waals surface area contributed by atoms with Crippen molar-refractivity contribution in [2.45, 2.75) is 50.0 Å². The summed E-state index contributed by atoms with van der Waals surface area (Å²) in [6, 6.07) is 14.1. The molecule has 0 radical (unpaired) electrons. The molecule has 0 spiro atoms. The van der Waals surface area contributed by atoms with E-state index in [4.69, 9.17) is 20.4 Å². The maximum absolute atomic E-state index is 12.2. The maximum atomic E-state index is 12.2. The van der Waals surface area contributed by atoms with Crippen molar-refractivity contribution < 1.29 is 39.6 Å². The van der Waals surface area contributed by atoms with Gasteiger partial charge in [-0.1, -0.05) is 37.4 Å². The second-order valence-electron chi connectivity index (χ2n) is 10.9. The molecule has 4 aliphatic rings. The van der Waals surface area contributed by atoms with Crippen LogP contribution in [0.5, 0.6) is 0 Å². The van der Waals surface area contributed by atoms with E-state index in [1.54, 1.807) is 48.5 Å². The Balaban J connectivity index is 0.000000157. The Morgan fingerprint density at radius 2 is 0.932 bits per heavy atom. The first-order valence-corrected chi connectivity index (χ1v) is 14.5. The van der Waals surface area contributed by atoms with Gasteiger partial charge < -0.3 is 31.1 Å². The number of imide groups is 2. The van der Waals surface area contributed by atoms with Gasteiger partial charge in [0.05, 0.1) is 34.3 Å². The van der Waals surface area contributed by atoms with Crippen LogP contribution in [0, 0.1) is 0 Å². The van der Waals surface area contributed by atoms with E-state index >= 15 is 0 Å². The Morgan fingerprint density at radius 1 is 0.636 bits per heavy atom. The predicted molar refractivity (Wildman–Crippen MR) is 161 cm³/mol. The fourth-order valence-electron chi connectivity index (χ4n) is 5.55. The van der Waals surface area contributed by atoms with Gasteiger partial charge in [-0.2, -0.15) is 0 Å². The summed E-state index contributed by atoms with van der Waals surface area (Å²) in [6.07, 6.45) is 0.683. The van der Waals surface area contributed by atoms with Crippen LogP contribution >= 0.6 is 0 Å². The van der Waals surface area contributed by atoms with Gasteiger partial charge in [0.15, 0.2) is 0 Å². The van der Waals surface area contributed by atoms with E-state index in [1.807, 2.05) is 0 Å². The van der Waals surface area contributed by atoms with Crippen LogP contribution in [0.3, 0.4) is 0 Å². The molecule has 4 atom stereocenters. The van der Waals surface area contributed by atoms with Crippen LogP contribution in [0.2, 0.25) is 0 Å². The molecule has 0 saturated carbocycles. The molecule has 4 aliphatic heterocycles. The zero-order valence-corrected chi connectivity index (χ0v) is 24.3. The molecule has 6 N–H and O–H groups in total. The van der Waals surface area contributed by atoms with Gasteiger partial charge in [-0.15, -0.1) is 0 Å². The third-order valence-electron chi connectivity index (χ3n) is 7.90. The quantitative estimate of drug-likeness (QED) is 0.218. The minimum absolute atomic E-state index is 0.0103. The average molecular weight is 607 g/mol. The van der Waals surface area contributed by atoms with E-state index in [9.17, 15) is 19.2 Å². The number of rotatable bonds is 5. The molecule has 1 unspecified atom stereocenters. The van der Waals surface area contributed by atoms with E-state index in [0.717, 1.165) is 38.8 Å². The maximum Gasteiger partial charge on any atom is 0.261 e. The lowest BCUT2D eigenvalue weighted by molar-refractivity contribution is 0.0181. The molecular formula is C32H38N4O8. The summed E-state index contributed by atoms with van der Waals surface area (Å²) in [7, 11) is 0. The molecule has 6 rings (SSSR count). The molecule has 2 aromatic rings. The molecule has 0 aliphatic carbocycles. The Kier molecular flexibility index (Phi) is 10.7. The second kappa shape index (κ2) is 14.4. The van der Waals surface area contributed by atoms with Gasteiger partial charge >= 0.3 is 0 Å². The van der Waals surface area contributed by atoms with E-state index in [2.05, 4.69) is 23.8 Å². The molecule has 234 valence electrons. The summed E-state index contributed by atoms with van der Waals surface area (Å²) in [6.45, 7) is 9.28. The zero-order chi connectivity index (χ0) is 32.0. The minimum Gasteiger partial charge on any atom is -0.510 e. The van der Waals surface area contributed by atoms with Crippen LogP contribution in [0.1, 0.15) is 67.1 Å². The first kappa shape index (κ1) is 32.6. The molecule has 12 heteroatoms. The number of carbonyl (C=O) groups is 4. The highest BCUT2D eigenvalue weighted by Gasteiger charge is 2.41. The number of piperidine rings is 2. The van der Waals surface area contributed by atoms with Gasteiger partial charge in [0.25, 0.3) is 23.6 Å². The van der Waals surface area contributed by atoms with Crippen LogP contribution in [0.15, 0.2) is 73.2 Å². The lowest BCUT2D eigenvalue weighted by Crippen LogP contribution is -2.48. The van der Waals surface area contributed by atoms with Crippen molar-refractivity contribution in [2.75, 3.05) is 26.2 Å². The van der Waals surface area contributed by atoms with Crippen molar-refractivity contribution in [3.63, 3.8) is 0 Å². The number of fused-ring (bicyclic) bond motifs is 2. The van der Waals surface area contributed by atoms with E-state index in [1.165, 1.54) is 9.80 Å². The highest BCUT2D eigenvalue weighted by molar-refractivity contribution is 6.22. The molecule has 2 aromatic carbocycles. The SMILES string of the molecule is C=C(O)[C@@H](O)[C@H](O)C(=C)O.O=C1c2ccccc2C(=O)N1C1CCCNC1.O=C1c2ccccc2C(=O)N1[C@@H]1CCCNC1. The zero-order valence-electron chi connectivity index (χ0n) is 24.3. The number of aliphatic hydroxyl groups excluding tert-OH is 4. The number of nitrogens with one attached hydrogen (secondary N) is 2. The minimum atomic E-state index is -1.57. The standard InChI is InChI=1S/2C13H14N2O2.C6H10O4/c2*16-12-10-5-1-2-6-11(10)13(17)15(12)9-4-3-7-14-8-9;1-3(7)5(9)6(10)4(2)8/h2*1-2,5-6,9,14H,3-4,7-8H2;5-10H,1-2H2/t9-;;5-,6-/m1.1/s1. The van der Waals surface area contributed by atoms with E-state index in [0.29, 0.717) is 35.3 Å². The topological polar surface area (TPSA) is 180 Å². The van der Waals surface area contributed by atoms with E-state index in [-0.39, 0.29) is 35.7 Å². The van der Waals surface area contributed by atoms with Crippen molar-refractivity contribution >= 4 is 23.6 Å². The molecule has 4 amide bonds. The van der Waals surface area contributed by atoms with Crippen LogP contribution in [-0.4, -0.2) is 104 Å². The molecule has 4 heterocycles. The Hall–Kier alpha value is -4.36. The van der Waals surface area contributed by atoms with Crippen LogP contribution in [0.25, 0.3) is 0 Å². The number of carbonyl (C=O) groups excluding carboxylic acids is 4. The third-order valence-corrected chi connectivity index (χ3v) is 7.90. The van der Waals surface area contributed by atoms with Gasteiger partial charge in [0.2, 0.25) is 0 Å². The monoisotopic (exact) mass is 606 g/mol. The molecule has 2 saturated heterocycles. The van der Waals surface area contributed by atoms with Crippen LogP contribution in [-0.2, 0) is 0 Å². The lowest BCUT2D eigenvalue weighted by atomic mass is 10.1. The number of amides is 4. The molecule has 12 nitrogen and oxygen atoms in total. The second-order valence-corrected chi connectivity index (χ2v) is 10.9. The van der Waals surface area contributed by atoms with Gasteiger partial charge in [-0.25, -0.2) is 0 Å². The largest absolute Gasteiger partial charge is 0.510 e. The number of hydrogen-bond donors (Lipinski definition) is 6. The summed E-state index contributed by atoms with van der Waals surface area (Å²) in [4.78, 5) is 51.6. The fourth-order valence-corrected chi connectivity index (χ4v) is 5.55. The number of nitrogens with zero attached hydrogens (tertiary/aromatic N) is 2. The van der Waals surface area contributed by atoms with Crippen molar-refractivity contribution in [1.29, 1.82) is 0 Å². The Bertz CT molecular complexity index is 1250. The number of aliphatic hydroxyl groups is 4. The molecule has 44 heavy (non-hydrogen) atoms. The highest BCUT2D eigenvalue weighted by Crippen LogP contribution is 2.27. The van der Waals surface area contributed by atoms with Crippen molar-refractivity contribution in [3.05, 3.63) is 95.5 Å². The first-order valence-electron chi connectivity index (χ1n) is 14.5. The Morgan fingerprint density at radius 3 is 1.16 bits per heavy atom. The third kappa shape index (κ3) is 6.89. The predicted octanol–water partition coefficient (Wildman–Crippen LogP) is 1.92. The number of benzene rings is 2.